The third-order valence-electron chi connectivity index (χ3n) is 4.23. The lowest BCUT2D eigenvalue weighted by molar-refractivity contribution is 0.396. The normalized spacial score (nSPS) is 10.7. The molecule has 0 aliphatic heterocycles. The molecule has 0 fully saturated rings. The predicted molar refractivity (Wildman–Crippen MR) is 99.2 cm³/mol. The second-order valence-electron chi connectivity index (χ2n) is 5.83. The van der Waals surface area contributed by atoms with Gasteiger partial charge in [-0.25, -0.2) is 9.97 Å². The fraction of sp³-hybridized carbons (Fsp3) is 0.333. The van der Waals surface area contributed by atoms with Crippen LogP contribution in [0.15, 0.2) is 18.2 Å². The van der Waals surface area contributed by atoms with E-state index in [9.17, 15) is 5.26 Å². The van der Waals surface area contributed by atoms with Gasteiger partial charge >= 0.3 is 0 Å². The zero-order valence-corrected chi connectivity index (χ0v) is 15.1. The summed E-state index contributed by atoms with van der Waals surface area (Å²) in [7, 11) is 1.59. The van der Waals surface area contributed by atoms with Gasteiger partial charge < -0.3 is 15.8 Å². The Kier molecular flexibility index (Phi) is 4.89. The smallest absolute Gasteiger partial charge is 0.213 e. The maximum atomic E-state index is 9.50. The maximum absolute atomic E-state index is 9.50. The zero-order chi connectivity index (χ0) is 18.7. The number of aryl methyl sites for hydroxylation is 2. The molecule has 3 N–H and O–H groups in total. The van der Waals surface area contributed by atoms with Crippen LogP contribution >= 0.6 is 0 Å². The highest BCUT2D eigenvalue weighted by molar-refractivity contribution is 5.69. The van der Waals surface area contributed by atoms with Crippen LogP contribution in [0.4, 0.5) is 11.6 Å². The fourth-order valence-corrected chi connectivity index (χ4v) is 2.89. The summed E-state index contributed by atoms with van der Waals surface area (Å²) in [5.74, 6) is 1.34. The highest BCUT2D eigenvalue weighted by atomic mass is 16.5. The largest absolute Gasteiger partial charge is 0.481 e. The second kappa shape index (κ2) is 7.27. The number of fused-ring (bicyclic) bond motifs is 1. The lowest BCUT2D eigenvalue weighted by atomic mass is 10.2. The van der Waals surface area contributed by atoms with E-state index in [1.807, 2.05) is 26.0 Å². The van der Waals surface area contributed by atoms with Crippen LogP contribution in [0.25, 0.3) is 5.65 Å². The van der Waals surface area contributed by atoms with Gasteiger partial charge in [-0.05, 0) is 19.4 Å². The standard InChI is InChI=1S/C18H21N7O/c1-4-13-11(2)24-25-16(20)14(10-19)17(23-18(13)25)21-9-8-12-6-5-7-15(22-12)26-3/h5-7H,4,8-9,20H2,1-3H3,(H,21,23). The molecular formula is C18H21N7O. The Morgan fingerprint density at radius 1 is 1.35 bits per heavy atom. The van der Waals surface area contributed by atoms with Crippen LogP contribution in [0.3, 0.4) is 0 Å². The van der Waals surface area contributed by atoms with E-state index in [1.54, 1.807) is 17.7 Å². The minimum Gasteiger partial charge on any atom is -0.481 e. The lowest BCUT2D eigenvalue weighted by Crippen LogP contribution is -2.13. The van der Waals surface area contributed by atoms with Crippen molar-refractivity contribution in [3.63, 3.8) is 0 Å². The molecule has 0 aliphatic rings. The number of aromatic nitrogens is 4. The number of anilines is 2. The number of nitriles is 1. The Morgan fingerprint density at radius 3 is 2.85 bits per heavy atom. The quantitative estimate of drug-likeness (QED) is 0.699. The number of methoxy groups -OCH3 is 1. The Hall–Kier alpha value is -3.34. The van der Waals surface area contributed by atoms with Gasteiger partial charge in [0.1, 0.15) is 23.3 Å². The summed E-state index contributed by atoms with van der Waals surface area (Å²) in [5.41, 5.74) is 9.92. The monoisotopic (exact) mass is 351 g/mol. The molecule has 0 spiro atoms. The van der Waals surface area contributed by atoms with Gasteiger partial charge in [0.15, 0.2) is 5.65 Å². The van der Waals surface area contributed by atoms with Gasteiger partial charge in [-0.1, -0.05) is 13.0 Å². The minimum atomic E-state index is 0.293. The van der Waals surface area contributed by atoms with Crippen LogP contribution in [-0.4, -0.2) is 33.2 Å². The van der Waals surface area contributed by atoms with Gasteiger partial charge in [-0.15, -0.1) is 0 Å². The molecule has 3 rings (SSSR count). The molecule has 8 heteroatoms. The van der Waals surface area contributed by atoms with Gasteiger partial charge in [-0.2, -0.15) is 14.9 Å². The van der Waals surface area contributed by atoms with Gasteiger partial charge in [0.25, 0.3) is 0 Å². The van der Waals surface area contributed by atoms with Crippen molar-refractivity contribution < 1.29 is 4.74 Å². The Morgan fingerprint density at radius 2 is 2.15 bits per heavy atom. The van der Waals surface area contributed by atoms with Crippen LogP contribution in [0.2, 0.25) is 0 Å². The molecule has 26 heavy (non-hydrogen) atoms. The summed E-state index contributed by atoms with van der Waals surface area (Å²) in [4.78, 5) is 8.98. The average Bonchev–Trinajstić information content (AvgIpc) is 2.97. The molecule has 0 radical (unpaired) electrons. The Bertz CT molecular complexity index is 987. The van der Waals surface area contributed by atoms with E-state index in [-0.39, 0.29) is 0 Å². The summed E-state index contributed by atoms with van der Waals surface area (Å²) < 4.78 is 6.68. The Balaban J connectivity index is 1.88. The molecule has 3 aromatic rings. The molecule has 8 nitrogen and oxygen atoms in total. The van der Waals surface area contributed by atoms with E-state index < -0.39 is 0 Å². The molecule has 0 saturated carbocycles. The highest BCUT2D eigenvalue weighted by Crippen LogP contribution is 2.24. The molecule has 134 valence electrons. The van der Waals surface area contributed by atoms with Gasteiger partial charge in [-0.3, -0.25) is 0 Å². The summed E-state index contributed by atoms with van der Waals surface area (Å²) in [6, 6.07) is 7.75. The molecule has 0 bridgehead atoms. The van der Waals surface area contributed by atoms with Crippen molar-refractivity contribution in [2.45, 2.75) is 26.7 Å². The molecule has 0 amide bonds. The number of ether oxygens (including phenoxy) is 1. The molecule has 0 atom stereocenters. The lowest BCUT2D eigenvalue weighted by Gasteiger charge is -2.11. The first-order valence-electron chi connectivity index (χ1n) is 8.40. The topological polar surface area (TPSA) is 114 Å². The maximum Gasteiger partial charge on any atom is 0.213 e. The van der Waals surface area contributed by atoms with Crippen LogP contribution in [0.5, 0.6) is 5.88 Å². The van der Waals surface area contributed by atoms with Crippen LogP contribution in [-0.2, 0) is 12.8 Å². The molecule has 3 heterocycles. The third kappa shape index (κ3) is 3.11. The zero-order valence-electron chi connectivity index (χ0n) is 15.1. The molecule has 0 aliphatic carbocycles. The second-order valence-corrected chi connectivity index (χ2v) is 5.83. The van der Waals surface area contributed by atoms with Crippen molar-refractivity contribution in [1.29, 1.82) is 5.26 Å². The number of nitrogens with two attached hydrogens (primary N) is 1. The molecule has 0 saturated heterocycles. The van der Waals surface area contributed by atoms with Crippen molar-refractivity contribution in [3.8, 4) is 11.9 Å². The number of hydrogen-bond acceptors (Lipinski definition) is 7. The van der Waals surface area contributed by atoms with Crippen molar-refractivity contribution in [1.82, 2.24) is 19.6 Å². The summed E-state index contributed by atoms with van der Waals surface area (Å²) in [6.45, 7) is 4.52. The summed E-state index contributed by atoms with van der Waals surface area (Å²) >= 11 is 0. The van der Waals surface area contributed by atoms with Gasteiger partial charge in [0.05, 0.1) is 12.8 Å². The molecule has 0 unspecified atom stereocenters. The van der Waals surface area contributed by atoms with Crippen molar-refractivity contribution in [3.05, 3.63) is 40.7 Å². The van der Waals surface area contributed by atoms with Crippen LogP contribution < -0.4 is 15.8 Å². The van der Waals surface area contributed by atoms with E-state index in [0.717, 1.165) is 23.4 Å². The van der Waals surface area contributed by atoms with E-state index in [1.165, 1.54) is 0 Å². The first kappa shape index (κ1) is 17.5. The highest BCUT2D eigenvalue weighted by Gasteiger charge is 2.18. The van der Waals surface area contributed by atoms with Gasteiger partial charge in [0.2, 0.25) is 5.88 Å². The minimum absolute atomic E-state index is 0.293. The van der Waals surface area contributed by atoms with E-state index in [0.29, 0.717) is 41.7 Å². The number of nitrogens with one attached hydrogen (secondary N) is 1. The van der Waals surface area contributed by atoms with Gasteiger partial charge in [0, 0.05) is 30.3 Å². The van der Waals surface area contributed by atoms with E-state index >= 15 is 0 Å². The first-order valence-corrected chi connectivity index (χ1v) is 8.40. The van der Waals surface area contributed by atoms with Crippen molar-refractivity contribution in [2.75, 3.05) is 24.7 Å². The average molecular weight is 351 g/mol. The number of nitrogen functional groups attached to an aromatic ring is 1. The number of nitrogens with zero attached hydrogens (tertiary/aromatic N) is 5. The van der Waals surface area contributed by atoms with Crippen LogP contribution in [0, 0.1) is 18.3 Å². The predicted octanol–water partition coefficient (Wildman–Crippen LogP) is 2.11. The number of pyridine rings is 1. The number of rotatable bonds is 6. The number of hydrogen-bond donors (Lipinski definition) is 2. The van der Waals surface area contributed by atoms with Crippen molar-refractivity contribution in [2.24, 2.45) is 0 Å². The Labute approximate surface area is 151 Å². The third-order valence-corrected chi connectivity index (χ3v) is 4.23. The molecule has 3 aromatic heterocycles. The fourth-order valence-electron chi connectivity index (χ4n) is 2.89. The molecular weight excluding hydrogens is 330 g/mol. The summed E-state index contributed by atoms with van der Waals surface area (Å²) in [5, 5.41) is 17.1. The van der Waals surface area contributed by atoms with Crippen LogP contribution in [0.1, 0.15) is 29.4 Å². The SMILES string of the molecule is CCc1c(C)nn2c(N)c(C#N)c(NCCc3cccc(OC)n3)nc12. The summed E-state index contributed by atoms with van der Waals surface area (Å²) in [6.07, 6.45) is 1.45. The molecule has 0 aromatic carbocycles. The van der Waals surface area contributed by atoms with Crippen molar-refractivity contribution >= 4 is 17.3 Å². The van der Waals surface area contributed by atoms with E-state index in [4.69, 9.17) is 10.5 Å². The first-order chi connectivity index (χ1) is 12.6. The van der Waals surface area contributed by atoms with E-state index in [2.05, 4.69) is 26.5 Å².